The van der Waals surface area contributed by atoms with Crippen LogP contribution in [0.3, 0.4) is 0 Å². The second kappa shape index (κ2) is 14.0. The van der Waals surface area contributed by atoms with Gasteiger partial charge in [-0.2, -0.15) is 5.26 Å². The Kier molecular flexibility index (Phi) is 12.0. The quantitative estimate of drug-likeness (QED) is 0.354. The van der Waals surface area contributed by atoms with Crippen LogP contribution in [0.15, 0.2) is 30.3 Å². The summed E-state index contributed by atoms with van der Waals surface area (Å²) in [5.74, 6) is 0.995. The number of ether oxygens (including phenoxy) is 1. The van der Waals surface area contributed by atoms with Gasteiger partial charge in [-0.05, 0) is 30.2 Å². The molecule has 21 heavy (non-hydrogen) atoms. The molecule has 0 saturated carbocycles. The molecule has 0 aliphatic rings. The molecular weight excluding hydrogens is 278 g/mol. The Labute approximate surface area is 133 Å². The summed E-state index contributed by atoms with van der Waals surface area (Å²) < 4.78 is 5.67. The summed E-state index contributed by atoms with van der Waals surface area (Å²) in [7, 11) is 0. The van der Waals surface area contributed by atoms with Gasteiger partial charge in [-0.1, -0.05) is 68.9 Å². The van der Waals surface area contributed by atoms with Crippen molar-refractivity contribution < 1.29 is 4.74 Å². The van der Waals surface area contributed by atoms with E-state index >= 15 is 0 Å². The van der Waals surface area contributed by atoms with Crippen LogP contribution in [0.25, 0.3) is 0 Å². The molecule has 0 aromatic heterocycles. The lowest BCUT2D eigenvalue weighted by molar-refractivity contribution is 0.116. The third-order valence-corrected chi connectivity index (χ3v) is 4.08. The maximum absolute atomic E-state index is 8.40. The van der Waals surface area contributed by atoms with E-state index in [-0.39, 0.29) is 0 Å². The van der Waals surface area contributed by atoms with E-state index in [1.807, 2.05) is 6.07 Å². The van der Waals surface area contributed by atoms with Crippen molar-refractivity contribution in [3.8, 4) is 5.40 Å². The zero-order chi connectivity index (χ0) is 15.0. The van der Waals surface area contributed by atoms with Gasteiger partial charge in [-0.15, -0.1) is 0 Å². The number of unbranched alkanes of at least 4 members (excludes halogenated alkanes) is 7. The molecule has 1 rings (SSSR count). The summed E-state index contributed by atoms with van der Waals surface area (Å²) >= 11 is 1.38. The Morgan fingerprint density at radius 2 is 1.48 bits per heavy atom. The Hall–Kier alpha value is -0.980. The molecule has 0 N–H and O–H groups in total. The predicted molar refractivity (Wildman–Crippen MR) is 91.1 cm³/mol. The van der Waals surface area contributed by atoms with E-state index < -0.39 is 0 Å². The Balaban J connectivity index is 1.76. The van der Waals surface area contributed by atoms with Crippen molar-refractivity contribution in [1.29, 1.82) is 5.26 Å². The molecule has 1 aromatic rings. The molecule has 2 nitrogen and oxygen atoms in total. The van der Waals surface area contributed by atoms with E-state index in [9.17, 15) is 0 Å². The van der Waals surface area contributed by atoms with E-state index in [0.29, 0.717) is 0 Å². The molecule has 0 aliphatic carbocycles. The maximum Gasteiger partial charge on any atom is 0.133 e. The fourth-order valence-electron chi connectivity index (χ4n) is 2.25. The second-order valence-corrected chi connectivity index (χ2v) is 6.19. The Bertz CT molecular complexity index is 375. The lowest BCUT2D eigenvalue weighted by Gasteiger charge is -2.04. The number of nitriles is 1. The van der Waals surface area contributed by atoms with Crippen molar-refractivity contribution in [2.45, 2.75) is 58.0 Å². The van der Waals surface area contributed by atoms with E-state index in [4.69, 9.17) is 10.00 Å². The first-order chi connectivity index (χ1) is 10.4. The van der Waals surface area contributed by atoms with Crippen LogP contribution in [0.1, 0.15) is 56.9 Å². The Morgan fingerprint density at radius 3 is 2.14 bits per heavy atom. The minimum absolute atomic E-state index is 0.738. The van der Waals surface area contributed by atoms with Crippen LogP contribution in [-0.4, -0.2) is 12.4 Å². The van der Waals surface area contributed by atoms with Gasteiger partial charge in [-0.25, -0.2) is 0 Å². The van der Waals surface area contributed by atoms with Gasteiger partial charge in [0.2, 0.25) is 0 Å². The standard InChI is InChI=1S/C18H27NOS/c19-17-21-15-11-6-4-2-1-3-5-10-14-20-16-18-12-8-7-9-13-18/h7-9,12-13H,1-6,10-11,14-16H2. The summed E-state index contributed by atoms with van der Waals surface area (Å²) in [6.07, 6.45) is 10.2. The molecule has 0 heterocycles. The maximum atomic E-state index is 8.40. The third kappa shape index (κ3) is 11.4. The highest BCUT2D eigenvalue weighted by Crippen LogP contribution is 2.11. The minimum atomic E-state index is 0.738. The first-order valence-electron chi connectivity index (χ1n) is 8.06. The number of rotatable bonds is 13. The van der Waals surface area contributed by atoms with Gasteiger partial charge in [0.15, 0.2) is 0 Å². The van der Waals surface area contributed by atoms with Crippen molar-refractivity contribution >= 4 is 11.8 Å². The molecule has 1 aromatic carbocycles. The molecule has 0 fully saturated rings. The fourth-order valence-corrected chi connectivity index (χ4v) is 2.69. The van der Waals surface area contributed by atoms with E-state index in [2.05, 4.69) is 29.7 Å². The molecule has 0 aliphatic heterocycles. The summed E-state index contributed by atoms with van der Waals surface area (Å²) in [6, 6.07) is 10.4. The topological polar surface area (TPSA) is 33.0 Å². The summed E-state index contributed by atoms with van der Waals surface area (Å²) in [4.78, 5) is 0. The van der Waals surface area contributed by atoms with Crippen molar-refractivity contribution in [1.82, 2.24) is 0 Å². The molecule has 0 bridgehead atoms. The third-order valence-electron chi connectivity index (χ3n) is 3.46. The fraction of sp³-hybridized carbons (Fsp3) is 0.611. The molecule has 116 valence electrons. The lowest BCUT2D eigenvalue weighted by atomic mass is 10.1. The zero-order valence-electron chi connectivity index (χ0n) is 12.9. The molecule has 0 saturated heterocycles. The average molecular weight is 305 g/mol. The SMILES string of the molecule is N#CSCCCCCCCCCCOCc1ccccc1. The van der Waals surface area contributed by atoms with Crippen LogP contribution in [0.4, 0.5) is 0 Å². The average Bonchev–Trinajstić information content (AvgIpc) is 2.53. The number of nitrogens with zero attached hydrogens (tertiary/aromatic N) is 1. The molecule has 3 heteroatoms. The number of thiocyanates is 1. The van der Waals surface area contributed by atoms with E-state index in [0.717, 1.165) is 19.0 Å². The van der Waals surface area contributed by atoms with Gasteiger partial charge in [0, 0.05) is 12.4 Å². The van der Waals surface area contributed by atoms with Crippen LogP contribution in [-0.2, 0) is 11.3 Å². The summed E-state index contributed by atoms with van der Waals surface area (Å²) in [5.41, 5.74) is 1.26. The van der Waals surface area contributed by atoms with Crippen LogP contribution >= 0.6 is 11.8 Å². The number of thioether (sulfide) groups is 1. The predicted octanol–water partition coefficient (Wildman–Crippen LogP) is 5.54. The summed E-state index contributed by atoms with van der Waals surface area (Å²) in [6.45, 7) is 1.61. The lowest BCUT2D eigenvalue weighted by Crippen LogP contribution is -1.95. The number of benzene rings is 1. The first-order valence-corrected chi connectivity index (χ1v) is 9.04. The molecular formula is C18H27NOS. The molecule has 0 atom stereocenters. The van der Waals surface area contributed by atoms with Gasteiger partial charge >= 0.3 is 0 Å². The first kappa shape index (κ1) is 18.1. The summed E-state index contributed by atoms with van der Waals surface area (Å²) in [5, 5.41) is 10.5. The van der Waals surface area contributed by atoms with Crippen molar-refractivity contribution in [3.05, 3.63) is 35.9 Å². The van der Waals surface area contributed by atoms with Crippen LogP contribution < -0.4 is 0 Å². The monoisotopic (exact) mass is 305 g/mol. The molecule has 0 amide bonds. The normalized spacial score (nSPS) is 10.4. The zero-order valence-corrected chi connectivity index (χ0v) is 13.7. The van der Waals surface area contributed by atoms with Crippen LogP contribution in [0, 0.1) is 10.7 Å². The van der Waals surface area contributed by atoms with Gasteiger partial charge in [0.05, 0.1) is 6.61 Å². The highest BCUT2D eigenvalue weighted by molar-refractivity contribution is 8.03. The van der Waals surface area contributed by atoms with Crippen molar-refractivity contribution in [2.24, 2.45) is 0 Å². The second-order valence-electron chi connectivity index (χ2n) is 5.31. The smallest absolute Gasteiger partial charge is 0.133 e. The largest absolute Gasteiger partial charge is 0.377 e. The van der Waals surface area contributed by atoms with Crippen molar-refractivity contribution in [2.75, 3.05) is 12.4 Å². The highest BCUT2D eigenvalue weighted by atomic mass is 32.2. The highest BCUT2D eigenvalue weighted by Gasteiger charge is 1.94. The van der Waals surface area contributed by atoms with Gasteiger partial charge in [0.1, 0.15) is 5.40 Å². The molecule has 0 radical (unpaired) electrons. The van der Waals surface area contributed by atoms with Crippen molar-refractivity contribution in [3.63, 3.8) is 0 Å². The Morgan fingerprint density at radius 1 is 0.857 bits per heavy atom. The number of hydrogen-bond acceptors (Lipinski definition) is 3. The van der Waals surface area contributed by atoms with Gasteiger partial charge < -0.3 is 4.74 Å². The van der Waals surface area contributed by atoms with E-state index in [1.165, 1.54) is 68.7 Å². The van der Waals surface area contributed by atoms with Gasteiger partial charge in [0.25, 0.3) is 0 Å². The molecule has 0 unspecified atom stereocenters. The van der Waals surface area contributed by atoms with Crippen LogP contribution in [0.5, 0.6) is 0 Å². The minimum Gasteiger partial charge on any atom is -0.377 e. The van der Waals surface area contributed by atoms with Gasteiger partial charge in [-0.3, -0.25) is 0 Å². The number of hydrogen-bond donors (Lipinski definition) is 0. The van der Waals surface area contributed by atoms with E-state index in [1.54, 1.807) is 0 Å². The van der Waals surface area contributed by atoms with Crippen LogP contribution in [0.2, 0.25) is 0 Å². The molecule has 0 spiro atoms.